The number of aliphatic hydroxyl groups excluding tert-OH is 1. The summed E-state index contributed by atoms with van der Waals surface area (Å²) in [5.74, 6) is -2.48. The molecule has 123 valence electrons. The van der Waals surface area contributed by atoms with E-state index in [1.54, 1.807) is 12.1 Å². The van der Waals surface area contributed by atoms with E-state index in [9.17, 15) is 18.0 Å². The number of benzene rings is 3. The van der Waals surface area contributed by atoms with Crippen LogP contribution in [0.1, 0.15) is 5.56 Å². The number of hydrogen-bond donors (Lipinski definition) is 1. The number of hydrogen-bond acceptors (Lipinski definition) is 1. The average Bonchev–Trinajstić information content (AvgIpc) is 2.53. The summed E-state index contributed by atoms with van der Waals surface area (Å²) in [4.78, 5) is 9.87. The van der Waals surface area contributed by atoms with Gasteiger partial charge in [-0.1, -0.05) is 42.5 Å². The van der Waals surface area contributed by atoms with Gasteiger partial charge in [0.1, 0.15) is 0 Å². The van der Waals surface area contributed by atoms with E-state index >= 15 is 0 Å². The van der Waals surface area contributed by atoms with Gasteiger partial charge in [0, 0.05) is 49.4 Å². The molecule has 24 heavy (non-hydrogen) atoms. The van der Waals surface area contributed by atoms with E-state index in [2.05, 4.69) is 0 Å². The summed E-state index contributed by atoms with van der Waals surface area (Å²) in [6, 6.07) is 16.3. The number of carbonyl (C=O) groups excluding carboxylic acids is 1. The fourth-order valence-electron chi connectivity index (χ4n) is 2.46. The number of alkyl halides is 3. The van der Waals surface area contributed by atoms with Gasteiger partial charge in [-0.15, -0.1) is 0 Å². The molecule has 0 amide bonds. The minimum Gasteiger partial charge on any atom is -0.504 e. The maximum Gasteiger partial charge on any atom is 0.449 e. The number of fused-ring (bicyclic) bond motifs is 3. The van der Waals surface area contributed by atoms with E-state index in [1.165, 1.54) is 6.07 Å². The second-order valence-corrected chi connectivity index (χ2v) is 5.14. The van der Waals surface area contributed by atoms with Gasteiger partial charge in [-0.25, -0.2) is 0 Å². The average molecular weight is 469 g/mol. The minimum atomic E-state index is -4.89. The van der Waals surface area contributed by atoms with Gasteiger partial charge in [0.2, 0.25) is 5.76 Å². The van der Waals surface area contributed by atoms with Crippen LogP contribution in [0.2, 0.25) is 0 Å². The molecule has 0 heterocycles. The largest absolute Gasteiger partial charge is 0.504 e. The monoisotopic (exact) mass is 470 g/mol. The summed E-state index contributed by atoms with van der Waals surface area (Å²) < 4.78 is 37.0. The molecular weight excluding hydrogens is 457 g/mol. The zero-order valence-corrected chi connectivity index (χ0v) is 14.6. The predicted molar refractivity (Wildman–Crippen MR) is 84.3 cm³/mol. The second-order valence-electron chi connectivity index (χ2n) is 5.14. The molecule has 3 aromatic rings. The third-order valence-electron chi connectivity index (χ3n) is 3.61. The number of ketones is 1. The first-order valence-electron chi connectivity index (χ1n) is 6.82. The first-order valence-corrected chi connectivity index (χ1v) is 6.82. The maximum atomic E-state index is 12.3. The molecule has 0 aromatic heterocycles. The zero-order valence-electron chi connectivity index (χ0n) is 12.2. The van der Waals surface area contributed by atoms with Crippen molar-refractivity contribution in [2.24, 2.45) is 0 Å². The van der Waals surface area contributed by atoms with Gasteiger partial charge >= 0.3 is 12.0 Å². The molecule has 0 aliphatic carbocycles. The van der Waals surface area contributed by atoms with Crippen LogP contribution in [0, 0.1) is 49.4 Å². The fraction of sp³-hybridized carbons (Fsp3) is 0.0556. The summed E-state index contributed by atoms with van der Waals surface area (Å²) in [5.41, 5.74) is 0.199. The van der Waals surface area contributed by atoms with Crippen molar-refractivity contribution in [3.05, 3.63) is 72.0 Å². The van der Waals surface area contributed by atoms with Gasteiger partial charge in [0.25, 0.3) is 0 Å². The minimum absolute atomic E-state index is 0. The Bertz CT molecular complexity index is 946. The Morgan fingerprint density at radius 3 is 2.17 bits per heavy atom. The van der Waals surface area contributed by atoms with Crippen LogP contribution in [0.5, 0.6) is 0 Å². The van der Waals surface area contributed by atoms with Crippen LogP contribution < -0.4 is 0 Å². The summed E-state index contributed by atoms with van der Waals surface area (Å²) >= 11 is 0. The normalized spacial score (nSPS) is 12.2. The summed E-state index contributed by atoms with van der Waals surface area (Å²) in [5, 5.41) is 12.6. The van der Waals surface area contributed by atoms with Crippen LogP contribution >= 0.6 is 0 Å². The SMILES string of the molecule is O/C(=C\C(=[OH+])c1ccc2ccc3ccccc3c2c1)C(F)(F)F.[Eu]. The molecule has 0 aliphatic heterocycles. The van der Waals surface area contributed by atoms with Crippen molar-refractivity contribution >= 4 is 27.3 Å². The Hall–Kier alpha value is -1.24. The molecule has 0 saturated carbocycles. The molecule has 2 N–H and O–H groups in total. The van der Waals surface area contributed by atoms with Gasteiger partial charge in [-0.3, -0.25) is 4.79 Å². The Kier molecular flexibility index (Phi) is 5.84. The van der Waals surface area contributed by atoms with Gasteiger partial charge < -0.3 is 5.11 Å². The molecule has 0 saturated heterocycles. The van der Waals surface area contributed by atoms with Crippen LogP contribution in [0.15, 0.2) is 66.4 Å². The molecule has 0 bridgehead atoms. The zero-order chi connectivity index (χ0) is 16.6. The van der Waals surface area contributed by atoms with E-state index < -0.39 is 17.7 Å². The first-order chi connectivity index (χ1) is 10.9. The van der Waals surface area contributed by atoms with Crippen LogP contribution in [0.3, 0.4) is 0 Å². The van der Waals surface area contributed by atoms with Gasteiger partial charge in [0.15, 0.2) is 0 Å². The maximum absolute atomic E-state index is 12.3. The number of halogens is 3. The number of aliphatic hydroxyl groups is 1. The molecule has 0 aliphatic rings. The van der Waals surface area contributed by atoms with Crippen molar-refractivity contribution in [1.82, 2.24) is 0 Å². The van der Waals surface area contributed by atoms with E-state index in [4.69, 9.17) is 5.11 Å². The van der Waals surface area contributed by atoms with Crippen LogP contribution in [0.25, 0.3) is 21.5 Å². The van der Waals surface area contributed by atoms with Gasteiger partial charge in [-0.05, 0) is 33.7 Å². The second kappa shape index (κ2) is 7.34. The Labute approximate surface area is 176 Å². The first kappa shape index (κ1) is 19.1. The molecule has 0 atom stereocenters. The Morgan fingerprint density at radius 1 is 0.917 bits per heavy atom. The van der Waals surface area contributed by atoms with Crippen molar-refractivity contribution in [1.29, 1.82) is 0 Å². The van der Waals surface area contributed by atoms with Crippen LogP contribution in [-0.4, -0.2) is 21.9 Å². The quantitative estimate of drug-likeness (QED) is 0.188. The van der Waals surface area contributed by atoms with E-state index in [1.807, 2.05) is 36.4 Å². The molecule has 3 rings (SSSR count). The number of allylic oxidation sites excluding steroid dienone is 2. The predicted octanol–water partition coefficient (Wildman–Crippen LogP) is 4.89. The third kappa shape index (κ3) is 3.87. The van der Waals surface area contributed by atoms with E-state index in [0.29, 0.717) is 6.08 Å². The molecular formula is C18H12EuF3O2+. The standard InChI is InChI=1S/C18H11F3O2.Eu/c19-18(20,21)17(23)10-16(22)13-8-7-12-6-5-11-3-1-2-4-14(11)15(12)9-13;/h1-10,23H;/p+1/b17-10-;. The Balaban J connectivity index is 0.00000208. The third-order valence-corrected chi connectivity index (χ3v) is 3.61. The topological polar surface area (TPSA) is 41.6 Å². The van der Waals surface area contributed by atoms with Gasteiger partial charge in [-0.2, -0.15) is 13.2 Å². The summed E-state index contributed by atoms with van der Waals surface area (Å²) in [6.07, 6.45) is -4.58. The molecule has 3 aromatic carbocycles. The number of rotatable bonds is 2. The van der Waals surface area contributed by atoms with Crippen molar-refractivity contribution in [2.75, 3.05) is 0 Å². The van der Waals surface area contributed by atoms with Crippen molar-refractivity contribution in [3.63, 3.8) is 0 Å². The van der Waals surface area contributed by atoms with E-state index in [0.717, 1.165) is 21.5 Å². The molecule has 1 radical (unpaired) electrons. The molecule has 0 unspecified atom stereocenters. The van der Waals surface area contributed by atoms with Crippen molar-refractivity contribution < 1.29 is 72.4 Å². The fourth-order valence-corrected chi connectivity index (χ4v) is 2.46. The van der Waals surface area contributed by atoms with Gasteiger partial charge in [0.05, 0.1) is 11.6 Å². The van der Waals surface area contributed by atoms with Crippen molar-refractivity contribution in [2.45, 2.75) is 6.18 Å². The molecule has 0 spiro atoms. The molecule has 0 fully saturated rings. The summed E-state index contributed by atoms with van der Waals surface area (Å²) in [6.45, 7) is 0. The molecule has 2 nitrogen and oxygen atoms in total. The van der Waals surface area contributed by atoms with Crippen LogP contribution in [0.4, 0.5) is 13.2 Å². The molecule has 6 heteroatoms. The summed E-state index contributed by atoms with van der Waals surface area (Å²) in [7, 11) is 0. The van der Waals surface area contributed by atoms with Crippen molar-refractivity contribution in [3.8, 4) is 0 Å². The Morgan fingerprint density at radius 2 is 1.50 bits per heavy atom. The van der Waals surface area contributed by atoms with Crippen LogP contribution in [-0.2, 0) is 0 Å². The smallest absolute Gasteiger partial charge is 0.449 e. The van der Waals surface area contributed by atoms with E-state index in [-0.39, 0.29) is 54.9 Å².